The third-order valence-electron chi connectivity index (χ3n) is 3.63. The van der Waals surface area contributed by atoms with Crippen LogP contribution in [0, 0.1) is 0 Å². The van der Waals surface area contributed by atoms with Gasteiger partial charge in [-0.2, -0.15) is 0 Å². The minimum absolute atomic E-state index is 0.107. The summed E-state index contributed by atoms with van der Waals surface area (Å²) in [5.41, 5.74) is 3.30. The molecular formula is C16H21N3O2. The molecule has 0 spiro atoms. The Morgan fingerprint density at radius 2 is 1.86 bits per heavy atom. The van der Waals surface area contributed by atoms with Gasteiger partial charge in [-0.1, -0.05) is 31.2 Å². The van der Waals surface area contributed by atoms with Crippen molar-refractivity contribution in [3.63, 3.8) is 0 Å². The second-order valence-electron chi connectivity index (χ2n) is 5.36. The summed E-state index contributed by atoms with van der Waals surface area (Å²) in [6, 6.07) is 7.27. The fourth-order valence-corrected chi connectivity index (χ4v) is 2.41. The Balaban J connectivity index is 2.44. The molecule has 1 heterocycles. The highest BCUT2D eigenvalue weighted by molar-refractivity contribution is 5.98. The molecule has 0 saturated carbocycles. The molecule has 1 aliphatic rings. The zero-order chi connectivity index (χ0) is 15.6. The van der Waals surface area contributed by atoms with Gasteiger partial charge in [-0.3, -0.25) is 4.79 Å². The SMILES string of the molecule is CCc1ccc([C@@H]2NC(=O)NC(C)=C2C(=O)N(C)C)cc1. The molecule has 1 aromatic carbocycles. The van der Waals surface area contributed by atoms with Crippen LogP contribution in [0.2, 0.25) is 0 Å². The van der Waals surface area contributed by atoms with Gasteiger partial charge in [-0.25, -0.2) is 4.79 Å². The third kappa shape index (κ3) is 3.07. The predicted molar refractivity (Wildman–Crippen MR) is 81.6 cm³/mol. The predicted octanol–water partition coefficient (Wildman–Crippen LogP) is 1.97. The highest BCUT2D eigenvalue weighted by Gasteiger charge is 2.31. The molecule has 0 unspecified atom stereocenters. The van der Waals surface area contributed by atoms with E-state index in [1.54, 1.807) is 21.0 Å². The summed E-state index contributed by atoms with van der Waals surface area (Å²) in [7, 11) is 3.41. The fraction of sp³-hybridized carbons (Fsp3) is 0.375. The van der Waals surface area contributed by atoms with Gasteiger partial charge < -0.3 is 15.5 Å². The molecule has 0 saturated heterocycles. The van der Waals surface area contributed by atoms with Crippen molar-refractivity contribution in [2.75, 3.05) is 14.1 Å². The first kappa shape index (κ1) is 15.1. The van der Waals surface area contributed by atoms with E-state index in [1.165, 1.54) is 10.5 Å². The molecule has 2 rings (SSSR count). The lowest BCUT2D eigenvalue weighted by atomic mass is 9.93. The molecule has 21 heavy (non-hydrogen) atoms. The number of carbonyl (C=O) groups excluding carboxylic acids is 2. The van der Waals surface area contributed by atoms with E-state index in [9.17, 15) is 9.59 Å². The second-order valence-corrected chi connectivity index (χ2v) is 5.36. The van der Waals surface area contributed by atoms with Crippen molar-refractivity contribution in [2.24, 2.45) is 0 Å². The number of amides is 3. The Kier molecular flexibility index (Phi) is 4.31. The number of nitrogens with zero attached hydrogens (tertiary/aromatic N) is 1. The summed E-state index contributed by atoms with van der Waals surface area (Å²) >= 11 is 0. The zero-order valence-corrected chi connectivity index (χ0v) is 12.9. The molecule has 112 valence electrons. The smallest absolute Gasteiger partial charge is 0.319 e. The molecule has 1 atom stereocenters. The number of hydrogen-bond donors (Lipinski definition) is 2. The van der Waals surface area contributed by atoms with E-state index in [1.807, 2.05) is 24.3 Å². The Morgan fingerprint density at radius 1 is 1.24 bits per heavy atom. The topological polar surface area (TPSA) is 61.4 Å². The van der Waals surface area contributed by atoms with E-state index in [0.29, 0.717) is 11.3 Å². The average Bonchev–Trinajstić information content (AvgIpc) is 2.46. The zero-order valence-electron chi connectivity index (χ0n) is 12.9. The Hall–Kier alpha value is -2.30. The van der Waals surface area contributed by atoms with Gasteiger partial charge in [-0.15, -0.1) is 0 Å². The lowest BCUT2D eigenvalue weighted by Crippen LogP contribution is -2.46. The standard InChI is InChI=1S/C16H21N3O2/c1-5-11-6-8-12(9-7-11)14-13(15(20)19(3)4)10(2)17-16(21)18-14/h6-9,14H,5H2,1-4H3,(H2,17,18,21)/t14-/m0/s1. The summed E-state index contributed by atoms with van der Waals surface area (Å²) < 4.78 is 0. The summed E-state index contributed by atoms with van der Waals surface area (Å²) in [5.74, 6) is -0.107. The van der Waals surface area contributed by atoms with E-state index in [4.69, 9.17) is 0 Å². The average molecular weight is 287 g/mol. The Morgan fingerprint density at radius 3 is 2.38 bits per heavy atom. The van der Waals surface area contributed by atoms with Crippen molar-refractivity contribution in [2.45, 2.75) is 26.3 Å². The normalized spacial score (nSPS) is 18.1. The van der Waals surface area contributed by atoms with Gasteiger partial charge in [0.25, 0.3) is 5.91 Å². The maximum atomic E-state index is 12.4. The van der Waals surface area contributed by atoms with Crippen LogP contribution < -0.4 is 10.6 Å². The number of benzene rings is 1. The quantitative estimate of drug-likeness (QED) is 0.893. The van der Waals surface area contributed by atoms with Crippen LogP contribution in [0.25, 0.3) is 0 Å². The summed E-state index contributed by atoms with van der Waals surface area (Å²) in [4.78, 5) is 25.7. The third-order valence-corrected chi connectivity index (χ3v) is 3.63. The monoisotopic (exact) mass is 287 g/mol. The lowest BCUT2D eigenvalue weighted by Gasteiger charge is -2.30. The van der Waals surface area contributed by atoms with Crippen molar-refractivity contribution in [1.82, 2.24) is 15.5 Å². The van der Waals surface area contributed by atoms with Gasteiger partial charge in [-0.05, 0) is 24.5 Å². The molecule has 2 N–H and O–H groups in total. The van der Waals surface area contributed by atoms with Crippen molar-refractivity contribution in [3.05, 3.63) is 46.7 Å². The first-order valence-corrected chi connectivity index (χ1v) is 7.02. The largest absolute Gasteiger partial charge is 0.345 e. The maximum Gasteiger partial charge on any atom is 0.319 e. The van der Waals surface area contributed by atoms with Gasteiger partial charge in [0.2, 0.25) is 0 Å². The lowest BCUT2D eigenvalue weighted by molar-refractivity contribution is -0.125. The van der Waals surface area contributed by atoms with Crippen molar-refractivity contribution in [1.29, 1.82) is 0 Å². The minimum atomic E-state index is -0.417. The van der Waals surface area contributed by atoms with Gasteiger partial charge in [0.15, 0.2) is 0 Å². The fourth-order valence-electron chi connectivity index (χ4n) is 2.41. The number of allylic oxidation sites excluding steroid dienone is 1. The summed E-state index contributed by atoms with van der Waals surface area (Å²) in [6.07, 6.45) is 0.956. The molecule has 5 nitrogen and oxygen atoms in total. The van der Waals surface area contributed by atoms with Gasteiger partial charge in [0.1, 0.15) is 0 Å². The van der Waals surface area contributed by atoms with Crippen LogP contribution in [-0.2, 0) is 11.2 Å². The highest BCUT2D eigenvalue weighted by atomic mass is 16.2. The molecule has 0 aromatic heterocycles. The molecule has 0 bridgehead atoms. The van der Waals surface area contributed by atoms with E-state index in [-0.39, 0.29) is 11.9 Å². The van der Waals surface area contributed by atoms with E-state index in [0.717, 1.165) is 12.0 Å². The summed E-state index contributed by atoms with van der Waals surface area (Å²) in [5, 5.41) is 5.50. The number of nitrogens with one attached hydrogen (secondary N) is 2. The summed E-state index contributed by atoms with van der Waals surface area (Å²) in [6.45, 7) is 3.84. The van der Waals surface area contributed by atoms with Crippen molar-refractivity contribution < 1.29 is 9.59 Å². The van der Waals surface area contributed by atoms with E-state index >= 15 is 0 Å². The van der Waals surface area contributed by atoms with Crippen LogP contribution >= 0.6 is 0 Å². The van der Waals surface area contributed by atoms with Crippen LogP contribution in [-0.4, -0.2) is 30.9 Å². The Labute approximate surface area is 125 Å². The van der Waals surface area contributed by atoms with Gasteiger partial charge >= 0.3 is 6.03 Å². The molecular weight excluding hydrogens is 266 g/mol. The van der Waals surface area contributed by atoms with Crippen LogP contribution in [0.1, 0.15) is 31.0 Å². The molecule has 1 aromatic rings. The minimum Gasteiger partial charge on any atom is -0.345 e. The number of aryl methyl sites for hydroxylation is 1. The molecule has 1 aliphatic heterocycles. The van der Waals surface area contributed by atoms with Crippen molar-refractivity contribution >= 4 is 11.9 Å². The molecule has 0 radical (unpaired) electrons. The van der Waals surface area contributed by atoms with Crippen molar-refractivity contribution in [3.8, 4) is 0 Å². The first-order valence-electron chi connectivity index (χ1n) is 7.02. The number of hydrogen-bond acceptors (Lipinski definition) is 2. The van der Waals surface area contributed by atoms with Gasteiger partial charge in [0.05, 0.1) is 11.6 Å². The maximum absolute atomic E-state index is 12.4. The molecule has 5 heteroatoms. The van der Waals surface area contributed by atoms with Crippen LogP contribution in [0.3, 0.4) is 0 Å². The van der Waals surface area contributed by atoms with E-state index in [2.05, 4.69) is 17.6 Å². The molecule has 0 fully saturated rings. The molecule has 0 aliphatic carbocycles. The molecule has 3 amide bonds. The number of likely N-dealkylation sites (N-methyl/N-ethyl adjacent to an activating group) is 1. The van der Waals surface area contributed by atoms with Gasteiger partial charge in [0, 0.05) is 19.8 Å². The number of carbonyl (C=O) groups is 2. The van der Waals surface area contributed by atoms with Crippen LogP contribution in [0.15, 0.2) is 35.5 Å². The van der Waals surface area contributed by atoms with E-state index < -0.39 is 6.04 Å². The van der Waals surface area contributed by atoms with Crippen LogP contribution in [0.4, 0.5) is 4.79 Å². The van der Waals surface area contributed by atoms with Crippen LogP contribution in [0.5, 0.6) is 0 Å². The number of rotatable bonds is 3. The Bertz CT molecular complexity index is 588. The highest BCUT2D eigenvalue weighted by Crippen LogP contribution is 2.27. The number of urea groups is 1. The second kappa shape index (κ2) is 5.99. The first-order chi connectivity index (χ1) is 9.93.